The van der Waals surface area contributed by atoms with Crippen molar-refractivity contribution < 1.29 is 4.74 Å². The third-order valence-electron chi connectivity index (χ3n) is 3.86. The Kier molecular flexibility index (Phi) is 3.69. The fourth-order valence-electron chi connectivity index (χ4n) is 2.66. The lowest BCUT2D eigenvalue weighted by molar-refractivity contribution is 0.412. The van der Waals surface area contributed by atoms with Gasteiger partial charge in [-0.2, -0.15) is 0 Å². The molecule has 2 aromatic rings. The molecule has 1 aromatic heterocycles. The van der Waals surface area contributed by atoms with E-state index in [2.05, 4.69) is 34.3 Å². The Bertz CT molecular complexity index is 674. The summed E-state index contributed by atoms with van der Waals surface area (Å²) in [7, 11) is 1.66. The number of hydrogen-bond acceptors (Lipinski definition) is 3. The first-order valence-corrected chi connectivity index (χ1v) is 8.03. The SMILES string of the molecule is COc1ccc(-c2nc(C3CC3)n(C(C)C)c2N)cc1Br. The van der Waals surface area contributed by atoms with Crippen LogP contribution in [0, 0.1) is 0 Å². The molecular weight excluding hydrogens is 330 g/mol. The largest absolute Gasteiger partial charge is 0.496 e. The third-order valence-corrected chi connectivity index (χ3v) is 4.48. The molecule has 1 saturated carbocycles. The number of hydrogen-bond donors (Lipinski definition) is 1. The van der Waals surface area contributed by atoms with Crippen LogP contribution in [0.1, 0.15) is 44.5 Å². The molecule has 1 aliphatic rings. The first kappa shape index (κ1) is 14.4. The molecule has 0 saturated heterocycles. The molecule has 0 aliphatic heterocycles. The van der Waals surface area contributed by atoms with E-state index in [9.17, 15) is 0 Å². The summed E-state index contributed by atoms with van der Waals surface area (Å²) in [5, 5.41) is 0. The first-order chi connectivity index (χ1) is 10.0. The van der Waals surface area contributed by atoms with Crippen molar-refractivity contribution in [3.05, 3.63) is 28.5 Å². The van der Waals surface area contributed by atoms with Gasteiger partial charge in [0.05, 0.1) is 11.6 Å². The van der Waals surface area contributed by atoms with E-state index >= 15 is 0 Å². The van der Waals surface area contributed by atoms with Crippen molar-refractivity contribution in [1.82, 2.24) is 9.55 Å². The Morgan fingerprint density at radius 2 is 2.10 bits per heavy atom. The average Bonchev–Trinajstić information content (AvgIpc) is 3.22. The molecule has 2 N–H and O–H groups in total. The molecule has 0 amide bonds. The molecule has 0 bridgehead atoms. The van der Waals surface area contributed by atoms with E-state index in [-0.39, 0.29) is 0 Å². The van der Waals surface area contributed by atoms with Gasteiger partial charge < -0.3 is 15.0 Å². The Morgan fingerprint density at radius 3 is 2.62 bits per heavy atom. The number of imidazole rings is 1. The molecule has 4 nitrogen and oxygen atoms in total. The number of halogens is 1. The molecule has 3 rings (SSSR count). The predicted molar refractivity (Wildman–Crippen MR) is 88.7 cm³/mol. The zero-order valence-electron chi connectivity index (χ0n) is 12.6. The van der Waals surface area contributed by atoms with E-state index in [0.29, 0.717) is 12.0 Å². The molecular formula is C16H20BrN3O. The number of nitrogens with two attached hydrogens (primary N) is 1. The van der Waals surface area contributed by atoms with Gasteiger partial charge in [-0.05, 0) is 60.8 Å². The van der Waals surface area contributed by atoms with Crippen LogP contribution in [0.4, 0.5) is 5.82 Å². The Morgan fingerprint density at radius 1 is 1.38 bits per heavy atom. The van der Waals surface area contributed by atoms with Gasteiger partial charge in [-0.1, -0.05) is 0 Å². The molecule has 5 heteroatoms. The summed E-state index contributed by atoms with van der Waals surface area (Å²) in [6.07, 6.45) is 2.43. The van der Waals surface area contributed by atoms with Crippen LogP contribution < -0.4 is 10.5 Å². The summed E-state index contributed by atoms with van der Waals surface area (Å²) >= 11 is 3.52. The standard InChI is InChI=1S/C16H20BrN3O/c1-9(2)20-15(18)14(19-16(20)10-4-5-10)11-6-7-13(21-3)12(17)8-11/h6-10H,4-5,18H2,1-3H3. The Balaban J connectivity index is 2.10. The van der Waals surface area contributed by atoms with Gasteiger partial charge >= 0.3 is 0 Å². The van der Waals surface area contributed by atoms with Gasteiger partial charge in [-0.3, -0.25) is 0 Å². The normalized spacial score (nSPS) is 14.7. The minimum absolute atomic E-state index is 0.323. The number of anilines is 1. The van der Waals surface area contributed by atoms with Crippen LogP contribution in [0.5, 0.6) is 5.75 Å². The number of aromatic nitrogens is 2. The van der Waals surface area contributed by atoms with Gasteiger partial charge in [0.15, 0.2) is 0 Å². The lowest BCUT2D eigenvalue weighted by atomic mass is 10.1. The summed E-state index contributed by atoms with van der Waals surface area (Å²) < 4.78 is 8.36. The van der Waals surface area contributed by atoms with Crippen molar-refractivity contribution in [2.24, 2.45) is 0 Å². The van der Waals surface area contributed by atoms with Crippen LogP contribution in [0.15, 0.2) is 22.7 Å². The molecule has 1 aliphatic carbocycles. The fourth-order valence-corrected chi connectivity index (χ4v) is 3.20. The number of nitrogen functional groups attached to an aromatic ring is 1. The summed E-state index contributed by atoms with van der Waals surface area (Å²) in [5.41, 5.74) is 8.26. The van der Waals surface area contributed by atoms with Gasteiger partial charge in [0.2, 0.25) is 0 Å². The molecule has 112 valence electrons. The van der Waals surface area contributed by atoms with Crippen LogP contribution in [0.3, 0.4) is 0 Å². The van der Waals surface area contributed by atoms with Crippen LogP contribution >= 0.6 is 15.9 Å². The minimum atomic E-state index is 0.323. The van der Waals surface area contributed by atoms with Crippen molar-refractivity contribution in [1.29, 1.82) is 0 Å². The van der Waals surface area contributed by atoms with Gasteiger partial charge in [-0.25, -0.2) is 4.98 Å². The predicted octanol–water partition coefficient (Wildman–Crippen LogP) is 4.36. The maximum absolute atomic E-state index is 6.38. The summed E-state index contributed by atoms with van der Waals surface area (Å²) in [5.74, 6) is 3.27. The number of ether oxygens (including phenoxy) is 1. The maximum atomic E-state index is 6.38. The highest BCUT2D eigenvalue weighted by Crippen LogP contribution is 2.44. The summed E-state index contributed by atoms with van der Waals surface area (Å²) in [6, 6.07) is 6.27. The first-order valence-electron chi connectivity index (χ1n) is 7.24. The Hall–Kier alpha value is -1.49. The molecule has 0 unspecified atom stereocenters. The molecule has 21 heavy (non-hydrogen) atoms. The molecule has 0 radical (unpaired) electrons. The van der Waals surface area contributed by atoms with Crippen molar-refractivity contribution in [3.8, 4) is 17.0 Å². The van der Waals surface area contributed by atoms with Crippen LogP contribution in [-0.4, -0.2) is 16.7 Å². The van der Waals surface area contributed by atoms with Crippen molar-refractivity contribution in [2.75, 3.05) is 12.8 Å². The van der Waals surface area contributed by atoms with E-state index in [1.54, 1.807) is 7.11 Å². The van der Waals surface area contributed by atoms with Gasteiger partial charge in [-0.15, -0.1) is 0 Å². The minimum Gasteiger partial charge on any atom is -0.496 e. The maximum Gasteiger partial charge on any atom is 0.133 e. The van der Waals surface area contributed by atoms with E-state index in [4.69, 9.17) is 15.5 Å². The van der Waals surface area contributed by atoms with E-state index in [1.807, 2.05) is 18.2 Å². The highest BCUT2D eigenvalue weighted by atomic mass is 79.9. The highest BCUT2D eigenvalue weighted by molar-refractivity contribution is 9.10. The van der Waals surface area contributed by atoms with Crippen molar-refractivity contribution in [3.63, 3.8) is 0 Å². The van der Waals surface area contributed by atoms with Gasteiger partial charge in [0, 0.05) is 17.5 Å². The fraction of sp³-hybridized carbons (Fsp3) is 0.438. The van der Waals surface area contributed by atoms with E-state index in [1.165, 1.54) is 12.8 Å². The molecule has 1 aromatic carbocycles. The zero-order chi connectivity index (χ0) is 15.1. The second-order valence-corrected chi connectivity index (χ2v) is 6.65. The monoisotopic (exact) mass is 349 g/mol. The van der Waals surface area contributed by atoms with Gasteiger partial charge in [0.25, 0.3) is 0 Å². The van der Waals surface area contributed by atoms with Crippen LogP contribution in [0.25, 0.3) is 11.3 Å². The number of benzene rings is 1. The van der Waals surface area contributed by atoms with E-state index < -0.39 is 0 Å². The second-order valence-electron chi connectivity index (χ2n) is 5.79. The van der Waals surface area contributed by atoms with Crippen molar-refractivity contribution in [2.45, 2.75) is 38.6 Å². The van der Waals surface area contributed by atoms with Crippen LogP contribution in [-0.2, 0) is 0 Å². The lowest BCUT2D eigenvalue weighted by Gasteiger charge is -2.13. The number of rotatable bonds is 4. The molecule has 1 heterocycles. The van der Waals surface area contributed by atoms with Crippen LogP contribution in [0.2, 0.25) is 0 Å². The average molecular weight is 350 g/mol. The number of methoxy groups -OCH3 is 1. The molecule has 0 atom stereocenters. The Labute approximate surface area is 133 Å². The summed E-state index contributed by atoms with van der Waals surface area (Å²) in [4.78, 5) is 4.84. The molecule has 1 fully saturated rings. The lowest BCUT2D eigenvalue weighted by Crippen LogP contribution is -2.08. The third kappa shape index (κ3) is 2.55. The van der Waals surface area contributed by atoms with Crippen molar-refractivity contribution >= 4 is 21.7 Å². The summed E-state index contributed by atoms with van der Waals surface area (Å²) in [6.45, 7) is 4.30. The quantitative estimate of drug-likeness (QED) is 0.891. The second kappa shape index (κ2) is 5.37. The molecule has 0 spiro atoms. The number of nitrogens with zero attached hydrogens (tertiary/aromatic N) is 2. The highest BCUT2D eigenvalue weighted by Gasteiger charge is 2.31. The van der Waals surface area contributed by atoms with E-state index in [0.717, 1.165) is 33.1 Å². The zero-order valence-corrected chi connectivity index (χ0v) is 14.1. The van der Waals surface area contributed by atoms with Gasteiger partial charge in [0.1, 0.15) is 23.1 Å². The topological polar surface area (TPSA) is 53.1 Å². The smallest absolute Gasteiger partial charge is 0.133 e.